The summed E-state index contributed by atoms with van der Waals surface area (Å²) in [7, 11) is -1.93. The fraction of sp³-hybridized carbons (Fsp3) is 0.947. The van der Waals surface area contributed by atoms with Crippen molar-refractivity contribution < 1.29 is 19.1 Å². The van der Waals surface area contributed by atoms with E-state index in [4.69, 9.17) is 14.9 Å². The zero-order chi connectivity index (χ0) is 20.3. The maximum absolute atomic E-state index is 12.7. The Kier molecular flexibility index (Phi) is 7.73. The van der Waals surface area contributed by atoms with Crippen molar-refractivity contribution in [1.29, 1.82) is 0 Å². The molecule has 6 nitrogen and oxygen atoms in total. The van der Waals surface area contributed by atoms with Gasteiger partial charge in [0.1, 0.15) is 5.60 Å². The fourth-order valence-electron chi connectivity index (χ4n) is 2.94. The highest BCUT2D eigenvalue weighted by atomic mass is 28.4. The molecule has 1 rings (SSSR count). The molecule has 1 saturated heterocycles. The number of hydrogen-bond donors (Lipinski definition) is 2. The molecule has 0 spiro atoms. The number of ether oxygens (including phenoxy) is 1. The van der Waals surface area contributed by atoms with Crippen LogP contribution >= 0.6 is 0 Å². The lowest BCUT2D eigenvalue weighted by Gasteiger charge is -2.38. The normalized spacial score (nSPS) is 23.2. The van der Waals surface area contributed by atoms with Gasteiger partial charge in [-0.05, 0) is 64.7 Å². The molecule has 7 heteroatoms. The average Bonchev–Trinajstić information content (AvgIpc) is 2.77. The third-order valence-corrected chi connectivity index (χ3v) is 9.85. The van der Waals surface area contributed by atoms with E-state index in [1.165, 1.54) is 0 Å². The van der Waals surface area contributed by atoms with Gasteiger partial charge in [0.05, 0.1) is 12.2 Å². The van der Waals surface area contributed by atoms with E-state index in [1.807, 2.05) is 20.8 Å². The first kappa shape index (κ1) is 23.4. The third-order valence-electron chi connectivity index (χ3n) is 5.32. The van der Waals surface area contributed by atoms with Crippen LogP contribution in [0.3, 0.4) is 0 Å². The molecule has 3 atom stereocenters. The highest BCUT2D eigenvalue weighted by Gasteiger charge is 2.44. The van der Waals surface area contributed by atoms with Gasteiger partial charge < -0.3 is 24.9 Å². The zero-order valence-corrected chi connectivity index (χ0v) is 19.0. The zero-order valence-electron chi connectivity index (χ0n) is 18.0. The first-order valence-electron chi connectivity index (χ1n) is 9.72. The maximum atomic E-state index is 12.7. The van der Waals surface area contributed by atoms with E-state index in [1.54, 1.807) is 4.90 Å². The summed E-state index contributed by atoms with van der Waals surface area (Å²) in [4.78, 5) is 14.4. The summed E-state index contributed by atoms with van der Waals surface area (Å²) in [5.74, 6) is 0. The Morgan fingerprint density at radius 2 is 1.85 bits per heavy atom. The molecule has 1 amide bonds. The Morgan fingerprint density at radius 1 is 1.27 bits per heavy atom. The van der Waals surface area contributed by atoms with Crippen molar-refractivity contribution in [2.45, 2.75) is 103 Å². The third kappa shape index (κ3) is 6.83. The average molecular weight is 389 g/mol. The lowest BCUT2D eigenvalue weighted by molar-refractivity contribution is 0.0165. The molecule has 1 aliphatic rings. The number of aliphatic hydroxyl groups excluding tert-OH is 1. The molecule has 0 saturated carbocycles. The van der Waals surface area contributed by atoms with Crippen molar-refractivity contribution in [2.24, 2.45) is 5.73 Å². The fourth-order valence-corrected chi connectivity index (χ4v) is 4.30. The van der Waals surface area contributed by atoms with Crippen LogP contribution in [0.5, 0.6) is 0 Å². The summed E-state index contributed by atoms with van der Waals surface area (Å²) in [6.45, 7) is 17.6. The van der Waals surface area contributed by atoms with Gasteiger partial charge in [0, 0.05) is 12.6 Å². The summed E-state index contributed by atoms with van der Waals surface area (Å²) in [5, 5.41) is 10.3. The van der Waals surface area contributed by atoms with E-state index in [0.29, 0.717) is 25.9 Å². The van der Waals surface area contributed by atoms with Crippen molar-refractivity contribution in [3.8, 4) is 0 Å². The van der Waals surface area contributed by atoms with Crippen LogP contribution in [-0.4, -0.2) is 61.4 Å². The minimum atomic E-state index is -1.93. The predicted molar refractivity (Wildman–Crippen MR) is 108 cm³/mol. The number of nitrogens with two attached hydrogens (primary N) is 1. The summed E-state index contributed by atoms with van der Waals surface area (Å²) in [5.41, 5.74) is 5.01. The van der Waals surface area contributed by atoms with Crippen LogP contribution in [0.4, 0.5) is 4.79 Å². The summed E-state index contributed by atoms with van der Waals surface area (Å²) in [6.07, 6.45) is 0.914. The summed E-state index contributed by atoms with van der Waals surface area (Å²) < 4.78 is 12.1. The van der Waals surface area contributed by atoms with Gasteiger partial charge in [-0.25, -0.2) is 4.79 Å². The summed E-state index contributed by atoms with van der Waals surface area (Å²) in [6, 6.07) is -0.0823. The largest absolute Gasteiger partial charge is 0.444 e. The van der Waals surface area contributed by atoms with Crippen molar-refractivity contribution >= 4 is 14.4 Å². The lowest BCUT2D eigenvalue weighted by Crippen LogP contribution is -2.45. The molecule has 0 aromatic carbocycles. The minimum absolute atomic E-state index is 0.0153. The molecule has 154 valence electrons. The van der Waals surface area contributed by atoms with Crippen LogP contribution in [0, 0.1) is 0 Å². The highest BCUT2D eigenvalue weighted by molar-refractivity contribution is 6.74. The Bertz CT molecular complexity index is 471. The van der Waals surface area contributed by atoms with Gasteiger partial charge in [0.2, 0.25) is 0 Å². The van der Waals surface area contributed by atoms with Gasteiger partial charge in [0.15, 0.2) is 8.32 Å². The molecule has 1 fully saturated rings. The lowest BCUT2D eigenvalue weighted by atomic mass is 10.0. The molecule has 0 unspecified atom stereocenters. The van der Waals surface area contributed by atoms with Gasteiger partial charge in [-0.1, -0.05) is 20.8 Å². The molecule has 0 aliphatic carbocycles. The number of likely N-dealkylation sites (tertiary alicyclic amines) is 1. The number of amides is 1. The van der Waals surface area contributed by atoms with E-state index >= 15 is 0 Å². The van der Waals surface area contributed by atoms with Gasteiger partial charge in [0.25, 0.3) is 0 Å². The number of carbonyl (C=O) groups excluding carboxylic acids is 1. The standard InChI is InChI=1S/C19H40N2O4Si/c1-18(2,3)24-17(23)21-13-16(25-26(7,8)19(4,5)6)12-14(21)11-15(22)9-10-20/h14-16,22H,9-13,20H2,1-8H3/t14-,15-,16-/m1/s1. The van der Waals surface area contributed by atoms with Crippen molar-refractivity contribution in [3.63, 3.8) is 0 Å². The van der Waals surface area contributed by atoms with Crippen LogP contribution in [-0.2, 0) is 9.16 Å². The SMILES string of the molecule is CC(C)(C)OC(=O)N1C[C@H](O[Si](C)(C)C(C)(C)C)C[C@H]1C[C@H](O)CCN. The van der Waals surface area contributed by atoms with Crippen molar-refractivity contribution in [3.05, 3.63) is 0 Å². The molecule has 3 N–H and O–H groups in total. The molecular formula is C19H40N2O4Si. The maximum Gasteiger partial charge on any atom is 0.410 e. The predicted octanol–water partition coefficient (Wildman–Crippen LogP) is 3.49. The number of carbonyl (C=O) groups is 1. The van der Waals surface area contributed by atoms with Crippen LogP contribution in [0.15, 0.2) is 0 Å². The van der Waals surface area contributed by atoms with E-state index < -0.39 is 20.0 Å². The van der Waals surface area contributed by atoms with Gasteiger partial charge in [-0.2, -0.15) is 0 Å². The van der Waals surface area contributed by atoms with E-state index in [0.717, 1.165) is 6.42 Å². The van der Waals surface area contributed by atoms with Crippen LogP contribution < -0.4 is 5.73 Å². The second kappa shape index (κ2) is 8.58. The molecule has 1 heterocycles. The van der Waals surface area contributed by atoms with Gasteiger partial charge in [-0.3, -0.25) is 0 Å². The number of aliphatic hydroxyl groups is 1. The number of rotatable bonds is 6. The number of hydrogen-bond acceptors (Lipinski definition) is 5. The Hall–Kier alpha value is -0.633. The second-order valence-electron chi connectivity index (χ2n) is 9.99. The minimum Gasteiger partial charge on any atom is -0.444 e. The monoisotopic (exact) mass is 388 g/mol. The van der Waals surface area contributed by atoms with Gasteiger partial charge in [-0.15, -0.1) is 0 Å². The molecule has 0 aromatic rings. The highest BCUT2D eigenvalue weighted by Crippen LogP contribution is 2.39. The molecule has 1 aliphatic heterocycles. The van der Waals surface area contributed by atoms with Crippen LogP contribution in [0.25, 0.3) is 0 Å². The first-order chi connectivity index (χ1) is 11.7. The Labute approximate surface area is 160 Å². The van der Waals surface area contributed by atoms with E-state index in [2.05, 4.69) is 33.9 Å². The van der Waals surface area contributed by atoms with Crippen molar-refractivity contribution in [2.75, 3.05) is 13.1 Å². The second-order valence-corrected chi connectivity index (χ2v) is 14.7. The van der Waals surface area contributed by atoms with Gasteiger partial charge >= 0.3 is 6.09 Å². The van der Waals surface area contributed by atoms with Crippen LogP contribution in [0.2, 0.25) is 18.1 Å². The topological polar surface area (TPSA) is 85.0 Å². The molecule has 0 bridgehead atoms. The first-order valence-corrected chi connectivity index (χ1v) is 12.6. The van der Waals surface area contributed by atoms with Crippen molar-refractivity contribution in [1.82, 2.24) is 4.90 Å². The summed E-state index contributed by atoms with van der Waals surface area (Å²) >= 11 is 0. The molecule has 0 radical (unpaired) electrons. The molecule has 0 aromatic heterocycles. The molecular weight excluding hydrogens is 348 g/mol. The Balaban J connectivity index is 2.88. The molecule has 26 heavy (non-hydrogen) atoms. The van der Waals surface area contributed by atoms with Crippen LogP contribution in [0.1, 0.15) is 60.8 Å². The quantitative estimate of drug-likeness (QED) is 0.680. The number of nitrogens with zero attached hydrogens (tertiary/aromatic N) is 1. The van der Waals surface area contributed by atoms with E-state index in [9.17, 15) is 9.90 Å². The smallest absolute Gasteiger partial charge is 0.410 e. The van der Waals surface area contributed by atoms with E-state index in [-0.39, 0.29) is 23.3 Å². The Morgan fingerprint density at radius 3 is 2.31 bits per heavy atom.